The average Bonchev–Trinajstić information content (AvgIpc) is 2.99. The highest BCUT2D eigenvalue weighted by atomic mass is 16.5. The van der Waals surface area contributed by atoms with Gasteiger partial charge in [-0.25, -0.2) is 4.98 Å². The molecule has 0 aliphatic rings. The third-order valence-electron chi connectivity index (χ3n) is 3.01. The molecule has 2 aromatic rings. The highest BCUT2D eigenvalue weighted by Gasteiger charge is 2.15. The molecule has 0 saturated heterocycles. The van der Waals surface area contributed by atoms with Crippen LogP contribution < -0.4 is 10.1 Å². The molecule has 0 bridgehead atoms. The molecule has 1 aromatic heterocycles. The highest BCUT2D eigenvalue weighted by molar-refractivity contribution is 5.80. The summed E-state index contributed by atoms with van der Waals surface area (Å²) in [7, 11) is 0. The van der Waals surface area contributed by atoms with E-state index in [1.165, 1.54) is 0 Å². The lowest BCUT2D eigenvalue weighted by atomic mass is 10.2. The van der Waals surface area contributed by atoms with Crippen LogP contribution in [0.5, 0.6) is 5.75 Å². The number of amides is 1. The highest BCUT2D eigenvalue weighted by Crippen LogP contribution is 2.16. The summed E-state index contributed by atoms with van der Waals surface area (Å²) in [5.74, 6) is 1.01. The number of ether oxygens (including phenoxy) is 1. The van der Waals surface area contributed by atoms with Crippen LogP contribution in [0.1, 0.15) is 11.4 Å². The maximum atomic E-state index is 11.7. The van der Waals surface area contributed by atoms with Crippen molar-refractivity contribution in [3.05, 3.63) is 48.0 Å². The second-order valence-corrected chi connectivity index (χ2v) is 4.67. The molecule has 112 valence electrons. The van der Waals surface area contributed by atoms with Gasteiger partial charge in [-0.05, 0) is 18.6 Å². The van der Waals surface area contributed by atoms with Gasteiger partial charge in [0.25, 0.3) is 5.91 Å². The Hall–Kier alpha value is -2.34. The molecule has 1 amide bonds. The van der Waals surface area contributed by atoms with Gasteiger partial charge in [0, 0.05) is 25.4 Å². The summed E-state index contributed by atoms with van der Waals surface area (Å²) in [4.78, 5) is 18.7. The third-order valence-corrected chi connectivity index (χ3v) is 3.01. The minimum Gasteiger partial charge on any atom is -0.490 e. The summed E-state index contributed by atoms with van der Waals surface area (Å²) in [6.07, 6.45) is 2.77. The fraction of sp³-hybridized carbons (Fsp3) is 0.333. The summed E-state index contributed by atoms with van der Waals surface area (Å²) < 4.78 is 5.44. The fourth-order valence-corrected chi connectivity index (χ4v) is 1.82. The van der Waals surface area contributed by atoms with Gasteiger partial charge in [0.1, 0.15) is 18.2 Å². The van der Waals surface area contributed by atoms with E-state index in [1.54, 1.807) is 18.5 Å². The Morgan fingerprint density at radius 2 is 2.29 bits per heavy atom. The van der Waals surface area contributed by atoms with Crippen molar-refractivity contribution >= 4 is 5.91 Å². The van der Waals surface area contributed by atoms with Crippen LogP contribution in [0.2, 0.25) is 0 Å². The van der Waals surface area contributed by atoms with Gasteiger partial charge in [0.2, 0.25) is 0 Å². The Labute approximate surface area is 123 Å². The molecule has 0 spiro atoms. The minimum atomic E-state index is -1.19. The Morgan fingerprint density at radius 3 is 3.00 bits per heavy atom. The molecule has 0 saturated carbocycles. The van der Waals surface area contributed by atoms with Gasteiger partial charge in [-0.3, -0.25) is 4.79 Å². The molecule has 2 rings (SSSR count). The monoisotopic (exact) mass is 289 g/mol. The summed E-state index contributed by atoms with van der Waals surface area (Å²) in [5, 5.41) is 12.4. The zero-order valence-electron chi connectivity index (χ0n) is 11.9. The van der Waals surface area contributed by atoms with Crippen molar-refractivity contribution < 1.29 is 14.6 Å². The summed E-state index contributed by atoms with van der Waals surface area (Å²) in [6.45, 7) is 2.25. The van der Waals surface area contributed by atoms with Crippen LogP contribution >= 0.6 is 0 Å². The quantitative estimate of drug-likeness (QED) is 0.704. The number of aromatic nitrogens is 2. The zero-order valence-corrected chi connectivity index (χ0v) is 11.9. The first-order chi connectivity index (χ1) is 10.2. The smallest absolute Gasteiger partial charge is 0.252 e. The van der Waals surface area contributed by atoms with Gasteiger partial charge in [-0.2, -0.15) is 0 Å². The number of aliphatic hydroxyl groups is 1. The number of nitrogens with zero attached hydrogens (tertiary/aromatic N) is 1. The van der Waals surface area contributed by atoms with E-state index < -0.39 is 12.0 Å². The first-order valence-electron chi connectivity index (χ1n) is 6.79. The Kier molecular flexibility index (Phi) is 5.34. The molecule has 1 atom stereocenters. The van der Waals surface area contributed by atoms with E-state index in [1.807, 2.05) is 25.1 Å². The van der Waals surface area contributed by atoms with Gasteiger partial charge >= 0.3 is 0 Å². The number of aromatic amines is 1. The first-order valence-corrected chi connectivity index (χ1v) is 6.79. The number of imidazole rings is 1. The van der Waals surface area contributed by atoms with Crippen LogP contribution in [-0.2, 0) is 11.2 Å². The molecule has 6 nitrogen and oxygen atoms in total. The van der Waals surface area contributed by atoms with Crippen molar-refractivity contribution in [1.82, 2.24) is 15.3 Å². The van der Waals surface area contributed by atoms with Crippen LogP contribution in [0.4, 0.5) is 0 Å². The van der Waals surface area contributed by atoms with Crippen molar-refractivity contribution in [2.45, 2.75) is 19.4 Å². The van der Waals surface area contributed by atoms with Crippen molar-refractivity contribution in [2.24, 2.45) is 0 Å². The fourth-order valence-electron chi connectivity index (χ4n) is 1.82. The van der Waals surface area contributed by atoms with E-state index >= 15 is 0 Å². The second kappa shape index (κ2) is 7.44. The largest absolute Gasteiger partial charge is 0.490 e. The predicted molar refractivity (Wildman–Crippen MR) is 78.0 cm³/mol. The summed E-state index contributed by atoms with van der Waals surface area (Å²) in [5.41, 5.74) is 0.961. The van der Waals surface area contributed by atoms with E-state index in [2.05, 4.69) is 15.3 Å². The number of carbonyl (C=O) groups excluding carboxylic acids is 1. The van der Waals surface area contributed by atoms with Gasteiger partial charge in [0.05, 0.1) is 0 Å². The Morgan fingerprint density at radius 1 is 1.48 bits per heavy atom. The van der Waals surface area contributed by atoms with Crippen molar-refractivity contribution in [1.29, 1.82) is 0 Å². The number of para-hydroxylation sites is 1. The topological polar surface area (TPSA) is 87.2 Å². The van der Waals surface area contributed by atoms with Crippen LogP contribution in [-0.4, -0.2) is 40.2 Å². The molecule has 0 aliphatic carbocycles. The molecule has 1 heterocycles. The molecule has 1 aromatic carbocycles. The molecule has 6 heteroatoms. The van der Waals surface area contributed by atoms with Gasteiger partial charge in [0.15, 0.2) is 6.10 Å². The standard InChI is InChI=1S/C15H19N3O3/c1-11-4-2-3-5-13(11)21-10-12(19)15(20)18-7-6-14-16-8-9-17-14/h2-5,8-9,12,19H,6-7,10H2,1H3,(H,16,17)(H,18,20)/t12-/m0/s1. The molecule has 3 N–H and O–H groups in total. The molecule has 0 radical (unpaired) electrons. The number of benzene rings is 1. The lowest BCUT2D eigenvalue weighted by Gasteiger charge is -2.13. The molecule has 0 fully saturated rings. The van der Waals surface area contributed by atoms with Crippen LogP contribution in [0.3, 0.4) is 0 Å². The number of nitrogens with one attached hydrogen (secondary N) is 2. The maximum Gasteiger partial charge on any atom is 0.252 e. The number of carbonyl (C=O) groups is 1. The van der Waals surface area contributed by atoms with Crippen LogP contribution in [0.15, 0.2) is 36.7 Å². The Bertz CT molecular complexity index is 569. The molecular formula is C15H19N3O3. The van der Waals surface area contributed by atoms with E-state index in [-0.39, 0.29) is 6.61 Å². The maximum absolute atomic E-state index is 11.7. The van der Waals surface area contributed by atoms with E-state index in [4.69, 9.17) is 4.74 Å². The molecule has 21 heavy (non-hydrogen) atoms. The SMILES string of the molecule is Cc1ccccc1OC[C@H](O)C(=O)NCCc1ncc[nH]1. The summed E-state index contributed by atoms with van der Waals surface area (Å²) in [6, 6.07) is 7.46. The number of hydrogen-bond acceptors (Lipinski definition) is 4. The average molecular weight is 289 g/mol. The lowest BCUT2D eigenvalue weighted by Crippen LogP contribution is -2.39. The van der Waals surface area contributed by atoms with Crippen LogP contribution in [0, 0.1) is 6.92 Å². The van der Waals surface area contributed by atoms with E-state index in [9.17, 15) is 9.90 Å². The van der Waals surface area contributed by atoms with E-state index in [0.717, 1.165) is 11.4 Å². The third kappa shape index (κ3) is 4.61. The number of aliphatic hydroxyl groups excluding tert-OH is 1. The number of rotatable bonds is 7. The number of H-pyrrole nitrogens is 1. The zero-order chi connectivity index (χ0) is 15.1. The van der Waals surface area contributed by atoms with Gasteiger partial charge < -0.3 is 20.1 Å². The van der Waals surface area contributed by atoms with E-state index in [0.29, 0.717) is 18.7 Å². The lowest BCUT2D eigenvalue weighted by molar-refractivity contribution is -0.130. The number of hydrogen-bond donors (Lipinski definition) is 3. The van der Waals surface area contributed by atoms with Crippen molar-refractivity contribution in [3.63, 3.8) is 0 Å². The molecule has 0 unspecified atom stereocenters. The van der Waals surface area contributed by atoms with Crippen molar-refractivity contribution in [3.8, 4) is 5.75 Å². The second-order valence-electron chi connectivity index (χ2n) is 4.67. The number of aryl methyl sites for hydroxylation is 1. The van der Waals surface area contributed by atoms with Crippen LogP contribution in [0.25, 0.3) is 0 Å². The predicted octanol–water partition coefficient (Wildman–Crippen LogP) is 0.817. The minimum absolute atomic E-state index is 0.0720. The molecular weight excluding hydrogens is 270 g/mol. The Balaban J connectivity index is 1.71. The van der Waals surface area contributed by atoms with Crippen molar-refractivity contribution in [2.75, 3.05) is 13.2 Å². The first kappa shape index (κ1) is 15.1. The van der Waals surface area contributed by atoms with Gasteiger partial charge in [-0.15, -0.1) is 0 Å². The van der Waals surface area contributed by atoms with Gasteiger partial charge in [-0.1, -0.05) is 18.2 Å². The summed E-state index contributed by atoms with van der Waals surface area (Å²) >= 11 is 0. The normalized spacial score (nSPS) is 11.9. The molecule has 0 aliphatic heterocycles.